The summed E-state index contributed by atoms with van der Waals surface area (Å²) < 4.78 is 16.4. The molecule has 176 valence electrons. The molecule has 0 N–H and O–H groups in total. The van der Waals surface area contributed by atoms with Gasteiger partial charge in [0.15, 0.2) is 0 Å². The first-order chi connectivity index (χ1) is 14.4. The molecule has 0 aromatic heterocycles. The number of ether oxygens (including phenoxy) is 3. The van der Waals surface area contributed by atoms with Crippen molar-refractivity contribution >= 4 is 17.9 Å². The highest BCUT2D eigenvalue weighted by molar-refractivity contribution is 5.77. The summed E-state index contributed by atoms with van der Waals surface area (Å²) in [6.45, 7) is 10.0. The maximum Gasteiger partial charge on any atom is 0.311 e. The third-order valence-electron chi connectivity index (χ3n) is 9.05. The standard InChI is InChI=1S/C25H40O6/c1-16(26)30-13-12-23(3)11-8-19-18(15-23)20(31-17(2)27)14-21-24(19,4)9-7-10-25(21,5)22(28)29-6/h18-21H,7-15H2,1-6H3/t18-,19+,20-,21-,23-,24-,25-/m1/s1. The average Bonchev–Trinajstić information content (AvgIpc) is 2.68. The van der Waals surface area contributed by atoms with E-state index in [9.17, 15) is 14.4 Å². The number of methoxy groups -OCH3 is 1. The van der Waals surface area contributed by atoms with Gasteiger partial charge in [-0.1, -0.05) is 20.3 Å². The lowest BCUT2D eigenvalue weighted by molar-refractivity contribution is -0.202. The van der Waals surface area contributed by atoms with Crippen LogP contribution in [0.1, 0.15) is 86.0 Å². The van der Waals surface area contributed by atoms with E-state index in [0.717, 1.165) is 44.9 Å². The Labute approximate surface area is 186 Å². The van der Waals surface area contributed by atoms with Gasteiger partial charge in [-0.25, -0.2) is 0 Å². The van der Waals surface area contributed by atoms with E-state index in [1.807, 2.05) is 0 Å². The summed E-state index contributed by atoms with van der Waals surface area (Å²) in [7, 11) is 1.48. The highest BCUT2D eigenvalue weighted by Crippen LogP contribution is 2.66. The zero-order valence-electron chi connectivity index (χ0n) is 20.1. The first kappa shape index (κ1) is 24.1. The van der Waals surface area contributed by atoms with E-state index in [1.54, 1.807) is 0 Å². The van der Waals surface area contributed by atoms with Crippen LogP contribution in [0.15, 0.2) is 0 Å². The van der Waals surface area contributed by atoms with Crippen LogP contribution in [0.3, 0.4) is 0 Å². The second-order valence-electron chi connectivity index (χ2n) is 11.1. The lowest BCUT2D eigenvalue weighted by atomic mass is 9.42. The monoisotopic (exact) mass is 436 g/mol. The number of hydrogen-bond donors (Lipinski definition) is 0. The summed E-state index contributed by atoms with van der Waals surface area (Å²) in [5.41, 5.74) is -0.459. The predicted octanol–water partition coefficient (Wildman–Crippen LogP) is 4.68. The predicted molar refractivity (Wildman–Crippen MR) is 116 cm³/mol. The van der Waals surface area contributed by atoms with Gasteiger partial charge in [0.1, 0.15) is 6.10 Å². The summed E-state index contributed by atoms with van der Waals surface area (Å²) >= 11 is 0. The smallest absolute Gasteiger partial charge is 0.311 e. The van der Waals surface area contributed by atoms with Crippen LogP contribution < -0.4 is 0 Å². The third-order valence-corrected chi connectivity index (χ3v) is 9.05. The van der Waals surface area contributed by atoms with Crippen LogP contribution in [0.4, 0.5) is 0 Å². The van der Waals surface area contributed by atoms with Gasteiger partial charge in [-0.15, -0.1) is 0 Å². The molecule has 3 aliphatic carbocycles. The van der Waals surface area contributed by atoms with Gasteiger partial charge in [-0.2, -0.15) is 0 Å². The minimum absolute atomic E-state index is 0.0275. The third kappa shape index (κ3) is 4.49. The van der Waals surface area contributed by atoms with Crippen molar-refractivity contribution in [1.82, 2.24) is 0 Å². The molecule has 0 heterocycles. The minimum atomic E-state index is -0.540. The number of hydrogen-bond acceptors (Lipinski definition) is 6. The molecule has 3 aliphatic rings. The summed E-state index contributed by atoms with van der Waals surface area (Å²) in [5.74, 6) is 0.174. The number of rotatable bonds is 5. The van der Waals surface area contributed by atoms with E-state index in [0.29, 0.717) is 18.9 Å². The second-order valence-corrected chi connectivity index (χ2v) is 11.1. The van der Waals surface area contributed by atoms with Gasteiger partial charge in [0.25, 0.3) is 0 Å². The van der Waals surface area contributed by atoms with Gasteiger partial charge >= 0.3 is 17.9 Å². The molecule has 6 nitrogen and oxygen atoms in total. The molecule has 3 saturated carbocycles. The van der Waals surface area contributed by atoms with Crippen molar-refractivity contribution < 1.29 is 28.6 Å². The molecule has 3 rings (SSSR count). The lowest BCUT2D eigenvalue weighted by Gasteiger charge is -2.63. The second kappa shape index (κ2) is 8.74. The Morgan fingerprint density at radius 2 is 1.71 bits per heavy atom. The van der Waals surface area contributed by atoms with E-state index in [2.05, 4.69) is 20.8 Å². The molecule has 31 heavy (non-hydrogen) atoms. The van der Waals surface area contributed by atoms with Crippen LogP contribution in [0, 0.1) is 34.0 Å². The molecule has 0 unspecified atom stereocenters. The first-order valence-corrected chi connectivity index (χ1v) is 11.8. The topological polar surface area (TPSA) is 78.9 Å². The first-order valence-electron chi connectivity index (χ1n) is 11.8. The molecular formula is C25H40O6. The Balaban J connectivity index is 1.90. The maximum atomic E-state index is 12.9. The van der Waals surface area contributed by atoms with Gasteiger partial charge in [-0.3, -0.25) is 14.4 Å². The van der Waals surface area contributed by atoms with Crippen LogP contribution in [-0.4, -0.2) is 37.7 Å². The molecule has 0 aliphatic heterocycles. The van der Waals surface area contributed by atoms with Gasteiger partial charge < -0.3 is 14.2 Å². The number of esters is 3. The molecule has 0 radical (unpaired) electrons. The fraction of sp³-hybridized carbons (Fsp3) is 0.880. The number of fused-ring (bicyclic) bond motifs is 3. The Hall–Kier alpha value is -1.59. The van der Waals surface area contributed by atoms with Crippen LogP contribution >= 0.6 is 0 Å². The normalized spacial score (nSPS) is 42.0. The maximum absolute atomic E-state index is 12.9. The van der Waals surface area contributed by atoms with Gasteiger partial charge in [0.2, 0.25) is 0 Å². The quantitative estimate of drug-likeness (QED) is 0.460. The molecule has 0 aromatic carbocycles. The van der Waals surface area contributed by atoms with Crippen molar-refractivity contribution in [2.75, 3.05) is 13.7 Å². The van der Waals surface area contributed by atoms with Crippen LogP contribution in [0.5, 0.6) is 0 Å². The molecule has 3 fully saturated rings. The van der Waals surface area contributed by atoms with Crippen LogP contribution in [-0.2, 0) is 28.6 Å². The van der Waals surface area contributed by atoms with Crippen LogP contribution in [0.2, 0.25) is 0 Å². The van der Waals surface area contributed by atoms with E-state index in [1.165, 1.54) is 21.0 Å². The lowest BCUT2D eigenvalue weighted by Crippen LogP contribution is -2.60. The molecule has 6 heteroatoms. The van der Waals surface area contributed by atoms with E-state index in [4.69, 9.17) is 14.2 Å². The zero-order valence-corrected chi connectivity index (χ0v) is 20.1. The Morgan fingerprint density at radius 1 is 1.00 bits per heavy atom. The van der Waals surface area contributed by atoms with E-state index < -0.39 is 5.41 Å². The van der Waals surface area contributed by atoms with Crippen LogP contribution in [0.25, 0.3) is 0 Å². The van der Waals surface area contributed by atoms with Gasteiger partial charge in [0, 0.05) is 13.8 Å². The van der Waals surface area contributed by atoms with Crippen molar-refractivity contribution in [1.29, 1.82) is 0 Å². The van der Waals surface area contributed by atoms with Gasteiger partial charge in [0.05, 0.1) is 19.1 Å². The largest absolute Gasteiger partial charge is 0.469 e. The van der Waals surface area contributed by atoms with Crippen molar-refractivity contribution in [3.8, 4) is 0 Å². The summed E-state index contributed by atoms with van der Waals surface area (Å²) in [5, 5.41) is 0. The van der Waals surface area contributed by atoms with Crippen molar-refractivity contribution in [3.63, 3.8) is 0 Å². The summed E-state index contributed by atoms with van der Waals surface area (Å²) in [6, 6.07) is 0. The van der Waals surface area contributed by atoms with Crippen molar-refractivity contribution in [2.24, 2.45) is 34.0 Å². The SMILES string of the molecule is COC(=O)[C@]1(C)CCC[C@@]2(C)[C@H]1C[C@@H](OC(C)=O)[C@@H]1C[C@@](C)(CCOC(C)=O)CC[C@@H]12. The molecule has 0 saturated heterocycles. The Bertz CT molecular complexity index is 719. The number of carbonyl (C=O) groups excluding carboxylic acids is 3. The highest BCUT2D eigenvalue weighted by atomic mass is 16.5. The highest BCUT2D eigenvalue weighted by Gasteiger charge is 2.63. The molecular weight excluding hydrogens is 396 g/mol. The fourth-order valence-electron chi connectivity index (χ4n) is 7.53. The van der Waals surface area contributed by atoms with Gasteiger partial charge in [-0.05, 0) is 80.5 Å². The van der Waals surface area contributed by atoms with E-state index in [-0.39, 0.29) is 46.7 Å². The minimum Gasteiger partial charge on any atom is -0.469 e. The molecule has 0 amide bonds. The number of carbonyl (C=O) groups is 3. The fourth-order valence-corrected chi connectivity index (χ4v) is 7.53. The average molecular weight is 437 g/mol. The van der Waals surface area contributed by atoms with Crippen molar-refractivity contribution in [3.05, 3.63) is 0 Å². The molecule has 7 atom stereocenters. The Morgan fingerprint density at radius 3 is 2.32 bits per heavy atom. The molecule has 0 aromatic rings. The zero-order chi connectivity index (χ0) is 23.0. The van der Waals surface area contributed by atoms with Crippen molar-refractivity contribution in [2.45, 2.75) is 92.1 Å². The summed E-state index contributed by atoms with van der Waals surface area (Å²) in [6.07, 6.45) is 7.34. The summed E-state index contributed by atoms with van der Waals surface area (Å²) in [4.78, 5) is 36.1. The molecule has 0 spiro atoms. The Kier molecular flexibility index (Phi) is 6.79. The van der Waals surface area contributed by atoms with E-state index >= 15 is 0 Å². The molecule has 0 bridgehead atoms.